The molecule has 2 rings (SSSR count). The smallest absolute Gasteiger partial charge is 0.160 e. The van der Waals surface area contributed by atoms with Gasteiger partial charge in [-0.3, -0.25) is 0 Å². The lowest BCUT2D eigenvalue weighted by Gasteiger charge is -2.05. The van der Waals surface area contributed by atoms with Gasteiger partial charge in [0.05, 0.1) is 16.1 Å². The lowest BCUT2D eigenvalue weighted by atomic mass is 10.3. The van der Waals surface area contributed by atoms with Gasteiger partial charge in [-0.25, -0.2) is 4.39 Å². The predicted molar refractivity (Wildman–Crippen MR) is 50.1 cm³/mol. The van der Waals surface area contributed by atoms with E-state index in [1.165, 1.54) is 12.1 Å². The summed E-state index contributed by atoms with van der Waals surface area (Å²) in [5.74, 6) is -0.0506. The van der Waals surface area contributed by atoms with Gasteiger partial charge in [0.2, 0.25) is 0 Å². The predicted octanol–water partition coefficient (Wildman–Crippen LogP) is 3.67. The molecule has 4 heteroatoms. The second-order valence-corrected chi connectivity index (χ2v) is 3.83. The summed E-state index contributed by atoms with van der Waals surface area (Å²) in [6, 6.07) is 2.89. The molecule has 0 N–H and O–H groups in total. The third-order valence-electron chi connectivity index (χ3n) is 1.78. The highest BCUT2D eigenvalue weighted by Gasteiger charge is 2.24. The lowest BCUT2D eigenvalue weighted by molar-refractivity contribution is 0.303. The molecule has 0 saturated heterocycles. The normalized spacial score (nSPS) is 15.9. The van der Waals surface area contributed by atoms with Crippen molar-refractivity contribution in [3.8, 4) is 5.75 Å². The molecule has 0 aliphatic heterocycles. The number of rotatable bonds is 2. The van der Waals surface area contributed by atoms with Crippen molar-refractivity contribution in [2.75, 3.05) is 0 Å². The van der Waals surface area contributed by atoms with E-state index in [0.29, 0.717) is 5.75 Å². The Hall–Kier alpha value is -0.470. The Morgan fingerprint density at radius 1 is 1.23 bits per heavy atom. The van der Waals surface area contributed by atoms with Gasteiger partial charge in [-0.15, -0.1) is 0 Å². The van der Waals surface area contributed by atoms with Gasteiger partial charge in [0.1, 0.15) is 5.75 Å². The zero-order valence-corrected chi connectivity index (χ0v) is 8.20. The largest absolute Gasteiger partial charge is 0.490 e. The molecule has 1 nitrogen and oxygen atoms in total. The van der Waals surface area contributed by atoms with E-state index in [1.807, 2.05) is 0 Å². The highest BCUT2D eigenvalue weighted by atomic mass is 35.5. The average molecular weight is 221 g/mol. The molecular formula is C9H7Cl2FO. The van der Waals surface area contributed by atoms with E-state index in [9.17, 15) is 4.39 Å². The summed E-state index contributed by atoms with van der Waals surface area (Å²) in [6.45, 7) is 0. The molecule has 1 aromatic rings. The van der Waals surface area contributed by atoms with Crippen LogP contribution >= 0.6 is 23.2 Å². The van der Waals surface area contributed by atoms with E-state index < -0.39 is 5.82 Å². The Kier molecular flexibility index (Phi) is 2.35. The molecule has 13 heavy (non-hydrogen) atoms. The minimum Gasteiger partial charge on any atom is -0.490 e. The van der Waals surface area contributed by atoms with Crippen LogP contribution in [-0.2, 0) is 0 Å². The monoisotopic (exact) mass is 220 g/mol. The average Bonchev–Trinajstić information content (AvgIpc) is 2.84. The van der Waals surface area contributed by atoms with Crippen LogP contribution in [-0.4, -0.2) is 6.10 Å². The minimum absolute atomic E-state index is 0.00292. The maximum Gasteiger partial charge on any atom is 0.160 e. The van der Waals surface area contributed by atoms with Crippen LogP contribution in [0.1, 0.15) is 12.8 Å². The van der Waals surface area contributed by atoms with Crippen LogP contribution < -0.4 is 4.74 Å². The van der Waals surface area contributed by atoms with Crippen LogP contribution in [0.15, 0.2) is 12.1 Å². The molecule has 1 aliphatic rings. The Labute approximate surface area is 85.4 Å². The van der Waals surface area contributed by atoms with Crippen molar-refractivity contribution in [1.82, 2.24) is 0 Å². The van der Waals surface area contributed by atoms with Crippen molar-refractivity contribution in [2.45, 2.75) is 18.9 Å². The molecule has 0 amide bonds. The van der Waals surface area contributed by atoms with E-state index >= 15 is 0 Å². The maximum absolute atomic E-state index is 12.9. The molecule has 1 saturated carbocycles. The van der Waals surface area contributed by atoms with Crippen molar-refractivity contribution in [1.29, 1.82) is 0 Å². The summed E-state index contributed by atoms with van der Waals surface area (Å²) < 4.78 is 18.4. The van der Waals surface area contributed by atoms with Gasteiger partial charge in [0, 0.05) is 12.1 Å². The van der Waals surface area contributed by atoms with Crippen molar-refractivity contribution >= 4 is 23.2 Å². The summed E-state index contributed by atoms with van der Waals surface area (Å²) in [5, 5.41) is 0.00583. The third-order valence-corrected chi connectivity index (χ3v) is 2.33. The second kappa shape index (κ2) is 3.35. The van der Waals surface area contributed by atoms with E-state index in [-0.39, 0.29) is 16.1 Å². The van der Waals surface area contributed by atoms with Crippen molar-refractivity contribution in [3.05, 3.63) is 28.0 Å². The van der Waals surface area contributed by atoms with E-state index in [0.717, 1.165) is 12.8 Å². The Morgan fingerprint density at radius 3 is 2.23 bits per heavy atom. The quantitative estimate of drug-likeness (QED) is 0.692. The lowest BCUT2D eigenvalue weighted by Crippen LogP contribution is -1.96. The molecule has 70 valence electrons. The number of hydrogen-bond donors (Lipinski definition) is 0. The van der Waals surface area contributed by atoms with Gasteiger partial charge in [0.25, 0.3) is 0 Å². The fraction of sp³-hybridized carbons (Fsp3) is 0.333. The first kappa shape index (κ1) is 9.10. The molecule has 0 spiro atoms. The summed E-state index contributed by atoms with van der Waals surface area (Å²) >= 11 is 11.2. The minimum atomic E-state index is -0.591. The van der Waals surface area contributed by atoms with E-state index in [4.69, 9.17) is 27.9 Å². The number of ether oxygens (including phenoxy) is 1. The summed E-state index contributed by atoms with van der Waals surface area (Å²) in [4.78, 5) is 0. The van der Waals surface area contributed by atoms with Gasteiger partial charge in [-0.1, -0.05) is 23.2 Å². The first-order valence-corrected chi connectivity index (χ1v) is 4.73. The van der Waals surface area contributed by atoms with Crippen molar-refractivity contribution in [3.63, 3.8) is 0 Å². The molecule has 1 aromatic carbocycles. The fourth-order valence-corrected chi connectivity index (χ4v) is 1.45. The zero-order valence-electron chi connectivity index (χ0n) is 6.69. The van der Waals surface area contributed by atoms with Crippen molar-refractivity contribution < 1.29 is 9.13 Å². The number of hydrogen-bond acceptors (Lipinski definition) is 1. The molecule has 0 radical (unpaired) electrons. The molecule has 0 unspecified atom stereocenters. The van der Waals surface area contributed by atoms with E-state index in [1.54, 1.807) is 0 Å². The highest BCUT2D eigenvalue weighted by Crippen LogP contribution is 2.32. The second-order valence-electron chi connectivity index (χ2n) is 3.02. The van der Waals surface area contributed by atoms with E-state index in [2.05, 4.69) is 0 Å². The molecule has 1 fully saturated rings. The first-order valence-electron chi connectivity index (χ1n) is 3.98. The van der Waals surface area contributed by atoms with Gasteiger partial charge in [-0.05, 0) is 12.8 Å². The van der Waals surface area contributed by atoms with Gasteiger partial charge < -0.3 is 4.74 Å². The summed E-state index contributed by atoms with van der Waals surface area (Å²) in [6.07, 6.45) is 2.36. The highest BCUT2D eigenvalue weighted by molar-refractivity contribution is 6.35. The molecule has 1 aliphatic carbocycles. The van der Waals surface area contributed by atoms with Crippen LogP contribution in [0.4, 0.5) is 4.39 Å². The Bertz CT molecular complexity index is 313. The summed E-state index contributed by atoms with van der Waals surface area (Å²) in [7, 11) is 0. The zero-order chi connectivity index (χ0) is 9.42. The number of halogens is 3. The van der Waals surface area contributed by atoms with Crippen LogP contribution in [0, 0.1) is 5.82 Å². The Morgan fingerprint density at radius 2 is 1.77 bits per heavy atom. The van der Waals surface area contributed by atoms with Gasteiger partial charge in [0.15, 0.2) is 5.82 Å². The third kappa shape index (κ3) is 2.06. The van der Waals surface area contributed by atoms with Gasteiger partial charge >= 0.3 is 0 Å². The Balaban J connectivity index is 2.25. The topological polar surface area (TPSA) is 9.23 Å². The van der Waals surface area contributed by atoms with Crippen LogP contribution in [0.5, 0.6) is 5.75 Å². The SMILES string of the molecule is Fc1c(Cl)cc(OC2CC2)cc1Cl. The first-order chi connectivity index (χ1) is 6.16. The molecule has 0 atom stereocenters. The maximum atomic E-state index is 12.9. The number of benzene rings is 1. The fourth-order valence-electron chi connectivity index (χ4n) is 0.979. The van der Waals surface area contributed by atoms with Gasteiger partial charge in [-0.2, -0.15) is 0 Å². The van der Waals surface area contributed by atoms with Crippen molar-refractivity contribution in [2.24, 2.45) is 0 Å². The molecular weight excluding hydrogens is 214 g/mol. The summed E-state index contributed by atoms with van der Waals surface area (Å²) in [5.41, 5.74) is 0. The van der Waals surface area contributed by atoms with Crippen LogP contribution in [0.2, 0.25) is 10.0 Å². The molecule has 0 heterocycles. The molecule has 0 aromatic heterocycles. The molecule has 0 bridgehead atoms. The van der Waals surface area contributed by atoms with Crippen LogP contribution in [0.3, 0.4) is 0 Å². The van der Waals surface area contributed by atoms with Crippen LogP contribution in [0.25, 0.3) is 0 Å². The standard InChI is InChI=1S/C9H7Cl2FO/c10-7-3-6(13-5-1-2-5)4-8(11)9(7)12/h3-5H,1-2H2.